The monoisotopic (exact) mass is 260 g/mol. The van der Waals surface area contributed by atoms with Crippen molar-refractivity contribution in [1.82, 2.24) is 4.98 Å². The molecule has 2 heterocycles. The number of carboxylic acids is 1. The number of hydrogen-bond donors (Lipinski definition) is 1. The summed E-state index contributed by atoms with van der Waals surface area (Å²) < 4.78 is 0. The predicted molar refractivity (Wildman–Crippen MR) is 76.3 cm³/mol. The van der Waals surface area contributed by atoms with Gasteiger partial charge in [-0.1, -0.05) is 12.8 Å². The highest BCUT2D eigenvalue weighted by Gasteiger charge is 2.13. The van der Waals surface area contributed by atoms with Crippen LogP contribution in [0.25, 0.3) is 6.08 Å². The van der Waals surface area contributed by atoms with E-state index in [1.807, 2.05) is 13.0 Å². The van der Waals surface area contributed by atoms with E-state index >= 15 is 0 Å². The van der Waals surface area contributed by atoms with Crippen LogP contribution < -0.4 is 4.90 Å². The highest BCUT2D eigenvalue weighted by atomic mass is 16.4. The number of aliphatic carboxylic acids is 1. The van der Waals surface area contributed by atoms with Crippen LogP contribution in [-0.4, -0.2) is 29.1 Å². The number of aryl methyl sites for hydroxylation is 1. The maximum atomic E-state index is 10.5. The SMILES string of the molecule is Cc1cc(/C=C/C(=O)O)cnc1N1CCCCCC1. The fraction of sp³-hybridized carbons (Fsp3) is 0.467. The van der Waals surface area contributed by atoms with Gasteiger partial charge in [-0.05, 0) is 43.0 Å². The quantitative estimate of drug-likeness (QED) is 0.849. The van der Waals surface area contributed by atoms with E-state index < -0.39 is 5.97 Å². The molecule has 1 N–H and O–H groups in total. The third-order valence-corrected chi connectivity index (χ3v) is 3.40. The Balaban J connectivity index is 2.16. The van der Waals surface area contributed by atoms with Crippen molar-refractivity contribution in [3.8, 4) is 0 Å². The van der Waals surface area contributed by atoms with Gasteiger partial charge in [-0.25, -0.2) is 9.78 Å². The first-order valence-electron chi connectivity index (χ1n) is 6.79. The van der Waals surface area contributed by atoms with Crippen LogP contribution in [0.3, 0.4) is 0 Å². The lowest BCUT2D eigenvalue weighted by Gasteiger charge is -2.23. The van der Waals surface area contributed by atoms with Gasteiger partial charge in [-0.3, -0.25) is 0 Å². The summed E-state index contributed by atoms with van der Waals surface area (Å²) in [5.41, 5.74) is 1.94. The Morgan fingerprint density at radius 1 is 1.32 bits per heavy atom. The van der Waals surface area contributed by atoms with Crippen molar-refractivity contribution in [2.24, 2.45) is 0 Å². The second kappa shape index (κ2) is 6.36. The summed E-state index contributed by atoms with van der Waals surface area (Å²) in [6, 6.07) is 1.99. The van der Waals surface area contributed by atoms with Crippen molar-refractivity contribution in [1.29, 1.82) is 0 Å². The lowest BCUT2D eigenvalue weighted by Crippen LogP contribution is -2.25. The predicted octanol–water partition coefficient (Wildman–Crippen LogP) is 2.87. The van der Waals surface area contributed by atoms with Gasteiger partial charge in [0.25, 0.3) is 0 Å². The van der Waals surface area contributed by atoms with Crippen LogP contribution in [0.4, 0.5) is 5.82 Å². The zero-order chi connectivity index (χ0) is 13.7. The van der Waals surface area contributed by atoms with Crippen molar-refractivity contribution in [3.63, 3.8) is 0 Å². The maximum absolute atomic E-state index is 10.5. The van der Waals surface area contributed by atoms with Gasteiger partial charge < -0.3 is 10.0 Å². The molecule has 0 radical (unpaired) electrons. The molecule has 0 atom stereocenters. The van der Waals surface area contributed by atoms with E-state index in [1.165, 1.54) is 25.7 Å². The molecule has 102 valence electrons. The molecule has 0 unspecified atom stereocenters. The molecule has 2 rings (SSSR count). The molecule has 0 aliphatic carbocycles. The minimum Gasteiger partial charge on any atom is -0.478 e. The molecular weight excluding hydrogens is 240 g/mol. The van der Waals surface area contributed by atoms with Crippen LogP contribution in [0, 0.1) is 6.92 Å². The largest absolute Gasteiger partial charge is 0.478 e. The van der Waals surface area contributed by atoms with Crippen molar-refractivity contribution in [2.45, 2.75) is 32.6 Å². The van der Waals surface area contributed by atoms with E-state index in [1.54, 1.807) is 12.3 Å². The first kappa shape index (κ1) is 13.6. The number of carbonyl (C=O) groups is 1. The molecule has 4 nitrogen and oxygen atoms in total. The number of aromatic nitrogens is 1. The normalized spacial score (nSPS) is 16.6. The summed E-state index contributed by atoms with van der Waals surface area (Å²) in [6.07, 6.45) is 9.51. The van der Waals surface area contributed by atoms with E-state index in [4.69, 9.17) is 5.11 Å². The van der Waals surface area contributed by atoms with Crippen LogP contribution in [-0.2, 0) is 4.79 Å². The van der Waals surface area contributed by atoms with Crippen molar-refractivity contribution < 1.29 is 9.90 Å². The second-order valence-electron chi connectivity index (χ2n) is 4.98. The summed E-state index contributed by atoms with van der Waals surface area (Å²) in [5.74, 6) is 0.101. The number of pyridine rings is 1. The Morgan fingerprint density at radius 3 is 2.58 bits per heavy atom. The van der Waals surface area contributed by atoms with E-state index in [0.717, 1.165) is 36.1 Å². The smallest absolute Gasteiger partial charge is 0.328 e. The van der Waals surface area contributed by atoms with E-state index in [0.29, 0.717) is 0 Å². The molecule has 0 spiro atoms. The summed E-state index contributed by atoms with van der Waals surface area (Å²) in [4.78, 5) is 17.3. The summed E-state index contributed by atoms with van der Waals surface area (Å²) >= 11 is 0. The van der Waals surface area contributed by atoms with Gasteiger partial charge >= 0.3 is 5.97 Å². The molecule has 1 saturated heterocycles. The van der Waals surface area contributed by atoms with Gasteiger partial charge in [0.05, 0.1) is 0 Å². The molecule has 0 amide bonds. The Kier molecular flexibility index (Phi) is 4.55. The Hall–Kier alpha value is -1.84. The Bertz CT molecular complexity index is 475. The molecule has 1 aliphatic heterocycles. The van der Waals surface area contributed by atoms with E-state index in [2.05, 4.69) is 9.88 Å². The van der Waals surface area contributed by atoms with Crippen LogP contribution >= 0.6 is 0 Å². The van der Waals surface area contributed by atoms with Crippen molar-refractivity contribution >= 4 is 17.9 Å². The lowest BCUT2D eigenvalue weighted by molar-refractivity contribution is -0.131. The zero-order valence-corrected chi connectivity index (χ0v) is 11.3. The van der Waals surface area contributed by atoms with Gasteiger partial charge in [0, 0.05) is 25.4 Å². The van der Waals surface area contributed by atoms with Crippen molar-refractivity contribution in [2.75, 3.05) is 18.0 Å². The molecule has 1 fully saturated rings. The third-order valence-electron chi connectivity index (χ3n) is 3.40. The fourth-order valence-corrected chi connectivity index (χ4v) is 2.46. The molecule has 0 bridgehead atoms. The molecule has 0 aromatic carbocycles. The van der Waals surface area contributed by atoms with Gasteiger partial charge in [-0.15, -0.1) is 0 Å². The molecule has 4 heteroatoms. The minimum absolute atomic E-state index is 0.832. The maximum Gasteiger partial charge on any atom is 0.328 e. The molecule has 1 aromatic rings. The molecule has 1 aliphatic rings. The van der Waals surface area contributed by atoms with Gasteiger partial charge in [-0.2, -0.15) is 0 Å². The second-order valence-corrected chi connectivity index (χ2v) is 4.98. The Labute approximate surface area is 113 Å². The van der Waals surface area contributed by atoms with Gasteiger partial charge in [0.2, 0.25) is 0 Å². The molecule has 0 saturated carbocycles. The van der Waals surface area contributed by atoms with E-state index in [9.17, 15) is 4.79 Å². The zero-order valence-electron chi connectivity index (χ0n) is 11.3. The molecular formula is C15H20N2O2. The van der Waals surface area contributed by atoms with Crippen LogP contribution in [0.15, 0.2) is 18.3 Å². The fourth-order valence-electron chi connectivity index (χ4n) is 2.46. The standard InChI is InChI=1S/C15H20N2O2/c1-12-10-13(6-7-14(18)19)11-16-15(12)17-8-4-2-3-5-9-17/h6-7,10-11H,2-5,8-9H2,1H3,(H,18,19)/b7-6+. The number of hydrogen-bond acceptors (Lipinski definition) is 3. The highest BCUT2D eigenvalue weighted by Crippen LogP contribution is 2.22. The average Bonchev–Trinajstić information content (AvgIpc) is 2.65. The highest BCUT2D eigenvalue weighted by molar-refractivity contribution is 5.85. The number of carboxylic acid groups (broad SMARTS) is 1. The average molecular weight is 260 g/mol. The molecule has 19 heavy (non-hydrogen) atoms. The summed E-state index contributed by atoms with van der Waals surface area (Å²) in [5, 5.41) is 8.62. The first-order chi connectivity index (χ1) is 9.16. The minimum atomic E-state index is -0.936. The van der Waals surface area contributed by atoms with Gasteiger partial charge in [0.1, 0.15) is 5.82 Å². The lowest BCUT2D eigenvalue weighted by atomic mass is 10.2. The third kappa shape index (κ3) is 3.81. The van der Waals surface area contributed by atoms with Crippen LogP contribution in [0.2, 0.25) is 0 Å². The number of nitrogens with zero attached hydrogens (tertiary/aromatic N) is 2. The first-order valence-corrected chi connectivity index (χ1v) is 6.79. The number of anilines is 1. The topological polar surface area (TPSA) is 53.4 Å². The van der Waals surface area contributed by atoms with Crippen LogP contribution in [0.5, 0.6) is 0 Å². The van der Waals surface area contributed by atoms with Crippen LogP contribution in [0.1, 0.15) is 36.8 Å². The Morgan fingerprint density at radius 2 is 2.00 bits per heavy atom. The summed E-state index contributed by atoms with van der Waals surface area (Å²) in [6.45, 7) is 4.17. The summed E-state index contributed by atoms with van der Waals surface area (Å²) in [7, 11) is 0. The number of rotatable bonds is 3. The van der Waals surface area contributed by atoms with Crippen molar-refractivity contribution in [3.05, 3.63) is 29.5 Å². The van der Waals surface area contributed by atoms with Gasteiger partial charge in [0.15, 0.2) is 0 Å². The van der Waals surface area contributed by atoms with E-state index in [-0.39, 0.29) is 0 Å². The molecule has 1 aromatic heterocycles.